The van der Waals surface area contributed by atoms with Crippen LogP contribution in [0.25, 0.3) is 0 Å². The fraction of sp³-hybridized carbons (Fsp3) is 0.312. The SMILES string of the molecule is CN(CCc1ccccc1)Cc1cc(C(=O)NCC(N)=O)no1. The standard InChI is InChI=1S/C16H20N4O3/c1-20(8-7-12-5-3-2-4-6-12)11-13-9-14(19-23-13)16(22)18-10-15(17)21/h2-6,9H,7-8,10-11H2,1H3,(H2,17,21)(H,18,22). The second-order valence-electron chi connectivity index (χ2n) is 5.30. The fourth-order valence-electron chi connectivity index (χ4n) is 2.06. The van der Waals surface area contributed by atoms with E-state index in [4.69, 9.17) is 10.3 Å². The van der Waals surface area contributed by atoms with E-state index >= 15 is 0 Å². The molecule has 0 saturated heterocycles. The van der Waals surface area contributed by atoms with Crippen LogP contribution in [-0.2, 0) is 17.8 Å². The predicted octanol–water partition coefficient (Wildman–Crippen LogP) is 0.564. The van der Waals surface area contributed by atoms with Crippen molar-refractivity contribution in [2.24, 2.45) is 5.73 Å². The van der Waals surface area contributed by atoms with Gasteiger partial charge in [0.1, 0.15) is 0 Å². The highest BCUT2D eigenvalue weighted by atomic mass is 16.5. The number of nitrogens with two attached hydrogens (primary N) is 1. The lowest BCUT2D eigenvalue weighted by atomic mass is 10.1. The molecule has 3 N–H and O–H groups in total. The second-order valence-corrected chi connectivity index (χ2v) is 5.30. The monoisotopic (exact) mass is 316 g/mol. The van der Waals surface area contributed by atoms with Crippen molar-refractivity contribution in [2.75, 3.05) is 20.1 Å². The molecule has 0 aliphatic rings. The fourth-order valence-corrected chi connectivity index (χ4v) is 2.06. The molecule has 0 unspecified atom stereocenters. The maximum Gasteiger partial charge on any atom is 0.273 e. The molecule has 2 rings (SSSR count). The molecule has 7 nitrogen and oxygen atoms in total. The van der Waals surface area contributed by atoms with Gasteiger partial charge in [0, 0.05) is 12.6 Å². The number of likely N-dealkylation sites (N-methyl/N-ethyl adjacent to an activating group) is 1. The minimum Gasteiger partial charge on any atom is -0.368 e. The van der Waals surface area contributed by atoms with Crippen molar-refractivity contribution in [2.45, 2.75) is 13.0 Å². The summed E-state index contributed by atoms with van der Waals surface area (Å²) in [5, 5.41) is 6.06. The Morgan fingerprint density at radius 3 is 2.74 bits per heavy atom. The zero-order valence-corrected chi connectivity index (χ0v) is 13.0. The van der Waals surface area contributed by atoms with Gasteiger partial charge in [-0.2, -0.15) is 0 Å². The Bertz CT molecular complexity index is 654. The summed E-state index contributed by atoms with van der Waals surface area (Å²) in [7, 11) is 1.97. The number of amides is 2. The molecular formula is C16H20N4O3. The minimum atomic E-state index is -0.609. The number of aromatic nitrogens is 1. The normalized spacial score (nSPS) is 10.7. The summed E-state index contributed by atoms with van der Waals surface area (Å²) in [6, 6.07) is 11.8. The molecule has 1 aromatic heterocycles. The van der Waals surface area contributed by atoms with E-state index < -0.39 is 11.8 Å². The Hall–Kier alpha value is -2.67. The van der Waals surface area contributed by atoms with E-state index in [1.165, 1.54) is 5.56 Å². The molecule has 2 amide bonds. The first kappa shape index (κ1) is 16.7. The Balaban J connectivity index is 1.81. The third-order valence-electron chi connectivity index (χ3n) is 3.27. The summed E-state index contributed by atoms with van der Waals surface area (Å²) in [6.45, 7) is 1.18. The quantitative estimate of drug-likeness (QED) is 0.741. The van der Waals surface area contributed by atoms with Crippen molar-refractivity contribution in [3.63, 3.8) is 0 Å². The molecule has 0 spiro atoms. The van der Waals surface area contributed by atoms with Gasteiger partial charge < -0.3 is 15.6 Å². The summed E-state index contributed by atoms with van der Waals surface area (Å²) in [5.74, 6) is -0.502. The van der Waals surface area contributed by atoms with Gasteiger partial charge in [-0.15, -0.1) is 0 Å². The number of carbonyl (C=O) groups excluding carboxylic acids is 2. The van der Waals surface area contributed by atoms with Crippen LogP contribution >= 0.6 is 0 Å². The summed E-state index contributed by atoms with van der Waals surface area (Å²) in [6.07, 6.45) is 0.928. The third kappa shape index (κ3) is 5.55. The molecule has 0 atom stereocenters. The van der Waals surface area contributed by atoms with Crippen LogP contribution in [0.1, 0.15) is 21.8 Å². The molecular weight excluding hydrogens is 296 g/mol. The van der Waals surface area contributed by atoms with Gasteiger partial charge in [-0.25, -0.2) is 0 Å². The first-order valence-corrected chi connectivity index (χ1v) is 7.29. The van der Waals surface area contributed by atoms with E-state index in [1.807, 2.05) is 25.2 Å². The Labute approximate surface area is 134 Å². The lowest BCUT2D eigenvalue weighted by molar-refractivity contribution is -0.117. The van der Waals surface area contributed by atoms with Crippen LogP contribution in [0.15, 0.2) is 40.9 Å². The van der Waals surface area contributed by atoms with E-state index in [9.17, 15) is 9.59 Å². The van der Waals surface area contributed by atoms with E-state index in [0.29, 0.717) is 12.3 Å². The molecule has 7 heteroatoms. The molecule has 1 heterocycles. The van der Waals surface area contributed by atoms with Gasteiger partial charge in [0.05, 0.1) is 13.1 Å². The largest absolute Gasteiger partial charge is 0.368 e. The topological polar surface area (TPSA) is 101 Å². The Morgan fingerprint density at radius 1 is 1.30 bits per heavy atom. The van der Waals surface area contributed by atoms with Gasteiger partial charge >= 0.3 is 0 Å². The number of hydrogen-bond acceptors (Lipinski definition) is 5. The van der Waals surface area contributed by atoms with E-state index in [-0.39, 0.29) is 12.2 Å². The highest BCUT2D eigenvalue weighted by Gasteiger charge is 2.14. The summed E-state index contributed by atoms with van der Waals surface area (Å²) in [5.41, 5.74) is 6.37. The second kappa shape index (κ2) is 8.09. The van der Waals surface area contributed by atoms with Crippen LogP contribution in [0.5, 0.6) is 0 Å². The average molecular weight is 316 g/mol. The summed E-state index contributed by atoms with van der Waals surface area (Å²) in [4.78, 5) is 24.4. The number of rotatable bonds is 8. The van der Waals surface area contributed by atoms with Gasteiger partial charge in [-0.3, -0.25) is 14.5 Å². The number of primary amides is 1. The van der Waals surface area contributed by atoms with Gasteiger partial charge in [0.25, 0.3) is 5.91 Å². The molecule has 2 aromatic rings. The molecule has 0 aliphatic carbocycles. The van der Waals surface area contributed by atoms with Crippen LogP contribution in [0, 0.1) is 0 Å². The van der Waals surface area contributed by atoms with Crippen molar-refractivity contribution >= 4 is 11.8 Å². The van der Waals surface area contributed by atoms with Crippen LogP contribution in [0.3, 0.4) is 0 Å². The molecule has 0 saturated carbocycles. The van der Waals surface area contributed by atoms with Crippen molar-refractivity contribution in [3.8, 4) is 0 Å². The van der Waals surface area contributed by atoms with Crippen LogP contribution in [0.2, 0.25) is 0 Å². The Morgan fingerprint density at radius 2 is 2.04 bits per heavy atom. The number of nitrogens with one attached hydrogen (secondary N) is 1. The van der Waals surface area contributed by atoms with E-state index in [0.717, 1.165) is 13.0 Å². The molecule has 0 bridgehead atoms. The van der Waals surface area contributed by atoms with Crippen LogP contribution in [0.4, 0.5) is 0 Å². The molecule has 0 radical (unpaired) electrons. The van der Waals surface area contributed by atoms with Gasteiger partial charge in [-0.1, -0.05) is 35.5 Å². The molecule has 122 valence electrons. The number of hydrogen-bond donors (Lipinski definition) is 2. The highest BCUT2D eigenvalue weighted by molar-refractivity contribution is 5.94. The minimum absolute atomic E-state index is 0.137. The first-order valence-electron chi connectivity index (χ1n) is 7.29. The number of carbonyl (C=O) groups is 2. The van der Waals surface area contributed by atoms with Crippen LogP contribution in [-0.4, -0.2) is 42.0 Å². The average Bonchev–Trinajstić information content (AvgIpc) is 3.00. The maximum absolute atomic E-state index is 11.7. The molecule has 0 aliphatic heterocycles. The lowest BCUT2D eigenvalue weighted by Gasteiger charge is -2.14. The molecule has 1 aromatic carbocycles. The zero-order chi connectivity index (χ0) is 16.7. The summed E-state index contributed by atoms with van der Waals surface area (Å²) < 4.78 is 5.15. The van der Waals surface area contributed by atoms with Crippen molar-refractivity contribution < 1.29 is 14.1 Å². The Kier molecular flexibility index (Phi) is 5.87. The van der Waals surface area contributed by atoms with Gasteiger partial charge in [-0.05, 0) is 19.0 Å². The first-order chi connectivity index (χ1) is 11.0. The van der Waals surface area contributed by atoms with E-state index in [2.05, 4.69) is 27.5 Å². The molecule has 23 heavy (non-hydrogen) atoms. The zero-order valence-electron chi connectivity index (χ0n) is 13.0. The number of nitrogens with zero attached hydrogens (tertiary/aromatic N) is 2. The van der Waals surface area contributed by atoms with Crippen molar-refractivity contribution in [1.82, 2.24) is 15.4 Å². The highest BCUT2D eigenvalue weighted by Crippen LogP contribution is 2.08. The van der Waals surface area contributed by atoms with E-state index in [1.54, 1.807) is 6.07 Å². The smallest absolute Gasteiger partial charge is 0.273 e. The van der Waals surface area contributed by atoms with Crippen LogP contribution < -0.4 is 11.1 Å². The third-order valence-corrected chi connectivity index (χ3v) is 3.27. The van der Waals surface area contributed by atoms with Crippen molar-refractivity contribution in [1.29, 1.82) is 0 Å². The van der Waals surface area contributed by atoms with Gasteiger partial charge in [0.15, 0.2) is 11.5 Å². The lowest BCUT2D eigenvalue weighted by Crippen LogP contribution is -2.33. The summed E-state index contributed by atoms with van der Waals surface area (Å²) >= 11 is 0. The van der Waals surface area contributed by atoms with Gasteiger partial charge in [0.2, 0.25) is 5.91 Å². The maximum atomic E-state index is 11.7. The van der Waals surface area contributed by atoms with Crippen molar-refractivity contribution in [3.05, 3.63) is 53.4 Å². The predicted molar refractivity (Wildman–Crippen MR) is 84.5 cm³/mol. The molecule has 0 fully saturated rings. The number of benzene rings is 1.